The van der Waals surface area contributed by atoms with Gasteiger partial charge in [-0.3, -0.25) is 0 Å². The highest BCUT2D eigenvalue weighted by Gasteiger charge is 2.20. The third-order valence-corrected chi connectivity index (χ3v) is 10.5. The van der Waals surface area contributed by atoms with Gasteiger partial charge in [0.15, 0.2) is 0 Å². The van der Waals surface area contributed by atoms with Crippen molar-refractivity contribution in [3.63, 3.8) is 0 Å². The summed E-state index contributed by atoms with van der Waals surface area (Å²) in [4.78, 5) is 4.54. The molecule has 3 aromatic carbocycles. The predicted octanol–water partition coefficient (Wildman–Crippen LogP) is 6.55. The number of nitrogens with two attached hydrogens (primary N) is 1. The Balaban J connectivity index is 1.81. The van der Waals surface area contributed by atoms with Crippen molar-refractivity contribution in [3.8, 4) is 0 Å². The Bertz CT molecular complexity index is 1500. The van der Waals surface area contributed by atoms with E-state index in [0.29, 0.717) is 97.2 Å². The zero-order valence-corrected chi connectivity index (χ0v) is 41.5. The lowest BCUT2D eigenvalue weighted by atomic mass is 9.85. The van der Waals surface area contributed by atoms with Crippen LogP contribution >= 0.6 is 0 Å². The van der Waals surface area contributed by atoms with Crippen LogP contribution in [0.4, 0.5) is 17.1 Å². The Labute approximate surface area is 396 Å². The molecule has 14 nitrogen and oxygen atoms in total. The van der Waals surface area contributed by atoms with Crippen LogP contribution in [0.1, 0.15) is 84.9 Å². The smallest absolute Gasteiger partial charge is 0.0781 e. The Morgan fingerprint density at radius 1 is 0.394 bits per heavy atom. The zero-order chi connectivity index (χ0) is 48.3. The van der Waals surface area contributed by atoms with E-state index in [9.17, 15) is 15.3 Å². The lowest BCUT2D eigenvalue weighted by Gasteiger charge is -2.27. The Morgan fingerprint density at radius 2 is 0.667 bits per heavy atom. The maximum absolute atomic E-state index is 9.60. The average Bonchev–Trinajstić information content (AvgIpc) is 3.28. The molecule has 3 rings (SSSR count). The first-order valence-electron chi connectivity index (χ1n) is 24.0. The van der Waals surface area contributed by atoms with Gasteiger partial charge in [-0.1, -0.05) is 50.2 Å². The summed E-state index contributed by atoms with van der Waals surface area (Å²) in [7, 11) is 0. The van der Waals surface area contributed by atoms with Crippen molar-refractivity contribution in [2.75, 3.05) is 121 Å². The van der Waals surface area contributed by atoms with E-state index >= 15 is 0 Å². The van der Waals surface area contributed by atoms with Crippen LogP contribution in [0, 0.1) is 5.92 Å². The van der Waals surface area contributed by atoms with Gasteiger partial charge in [0.2, 0.25) is 0 Å². The maximum Gasteiger partial charge on any atom is 0.0781 e. The second kappa shape index (κ2) is 32.4. The minimum atomic E-state index is -0.528. The lowest BCUT2D eigenvalue weighted by molar-refractivity contribution is -0.0371. The molecule has 0 aliphatic rings. The van der Waals surface area contributed by atoms with E-state index in [1.807, 2.05) is 39.8 Å². The van der Waals surface area contributed by atoms with E-state index in [1.165, 1.54) is 0 Å². The Hall–Kier alpha value is -3.38. The number of hydrogen-bond donors (Lipinski definition) is 4. The molecule has 14 heteroatoms. The second-order valence-corrected chi connectivity index (χ2v) is 18.1. The van der Waals surface area contributed by atoms with Crippen LogP contribution in [-0.2, 0) is 37.9 Å². The van der Waals surface area contributed by atoms with Crippen molar-refractivity contribution in [2.24, 2.45) is 5.92 Å². The molecule has 0 saturated heterocycles. The number of rotatable bonds is 37. The predicted molar refractivity (Wildman–Crippen MR) is 264 cm³/mol. The largest absolute Gasteiger partial charge is 0.399 e. The van der Waals surface area contributed by atoms with E-state index in [4.69, 9.17) is 43.6 Å². The molecular formula is C52H85N3O11. The minimum absolute atomic E-state index is 0.0145. The summed E-state index contributed by atoms with van der Waals surface area (Å²) in [5, 5.41) is 28.8. The van der Waals surface area contributed by atoms with Gasteiger partial charge in [0, 0.05) is 55.8 Å². The molecule has 0 aliphatic carbocycles. The number of ether oxygens (including phenoxy) is 8. The number of nitrogens with zero attached hydrogens (tertiary/aromatic N) is 2. The summed E-state index contributed by atoms with van der Waals surface area (Å²) in [6.45, 7) is 25.2. The van der Waals surface area contributed by atoms with Crippen LogP contribution in [0.25, 0.3) is 0 Å². The molecule has 0 amide bonds. The highest BCUT2D eigenvalue weighted by atomic mass is 16.6. The molecule has 0 radical (unpaired) electrons. The third kappa shape index (κ3) is 24.1. The molecule has 0 aliphatic heterocycles. The van der Waals surface area contributed by atoms with E-state index < -0.39 is 18.3 Å². The molecule has 3 aromatic rings. The van der Waals surface area contributed by atoms with Crippen LogP contribution in [-0.4, -0.2) is 164 Å². The van der Waals surface area contributed by atoms with Gasteiger partial charge in [-0.05, 0) is 107 Å². The first kappa shape index (κ1) is 56.9. The number of hydrogen-bond acceptors (Lipinski definition) is 14. The van der Waals surface area contributed by atoms with Crippen molar-refractivity contribution >= 4 is 17.1 Å². The molecule has 66 heavy (non-hydrogen) atoms. The molecular weight excluding hydrogens is 843 g/mol. The maximum atomic E-state index is 9.60. The van der Waals surface area contributed by atoms with Crippen molar-refractivity contribution in [1.82, 2.24) is 0 Å². The fraction of sp³-hybridized carbons (Fsp3) is 0.654. The molecule has 0 aromatic heterocycles. The summed E-state index contributed by atoms with van der Waals surface area (Å²) in [6, 6.07) is 25.5. The van der Waals surface area contributed by atoms with E-state index in [0.717, 1.165) is 28.1 Å². The number of nitrogen functional groups attached to an aromatic ring is 1. The van der Waals surface area contributed by atoms with Crippen LogP contribution < -0.4 is 15.5 Å². The zero-order valence-electron chi connectivity index (χ0n) is 41.5. The number of benzene rings is 3. The highest BCUT2D eigenvalue weighted by molar-refractivity contribution is 5.55. The molecule has 8 atom stereocenters. The number of anilines is 3. The normalized spacial score (nSPS) is 15.5. The van der Waals surface area contributed by atoms with Crippen LogP contribution in [0.15, 0.2) is 72.8 Å². The fourth-order valence-electron chi connectivity index (χ4n) is 6.92. The number of aliphatic hydroxyl groups excluding tert-OH is 3. The summed E-state index contributed by atoms with van der Waals surface area (Å²) < 4.78 is 47.1. The van der Waals surface area contributed by atoms with Gasteiger partial charge in [-0.15, -0.1) is 0 Å². The first-order chi connectivity index (χ1) is 31.6. The van der Waals surface area contributed by atoms with Gasteiger partial charge in [0.25, 0.3) is 0 Å². The number of aliphatic hydroxyl groups is 3. The van der Waals surface area contributed by atoms with Crippen molar-refractivity contribution in [2.45, 2.75) is 111 Å². The standard InChI is InChI=1S/C52H85N3O11/c1-38(2)30-63-42(6)34-59-26-22-54(23-27-60-35-43(7)64-31-39(3)56)50-18-12-47(13-19-50)52(46-10-16-49(53)17-11-46)48-14-20-51(21-15-48)55(24-28-61-36-44(8)65-32-40(4)57)25-29-62-37-45(9)66-33-41(5)58/h10-21,38-45,52,56-58H,22-37,53H2,1-9H3. The van der Waals surface area contributed by atoms with E-state index in [1.54, 1.807) is 20.8 Å². The van der Waals surface area contributed by atoms with Gasteiger partial charge >= 0.3 is 0 Å². The van der Waals surface area contributed by atoms with Crippen LogP contribution in [0.3, 0.4) is 0 Å². The molecule has 0 heterocycles. The van der Waals surface area contributed by atoms with Crippen LogP contribution in [0.2, 0.25) is 0 Å². The summed E-state index contributed by atoms with van der Waals surface area (Å²) in [6.07, 6.45) is -1.97. The lowest BCUT2D eigenvalue weighted by Crippen LogP contribution is -2.33. The minimum Gasteiger partial charge on any atom is -0.399 e. The van der Waals surface area contributed by atoms with Gasteiger partial charge in [-0.25, -0.2) is 0 Å². The van der Waals surface area contributed by atoms with E-state index in [-0.39, 0.29) is 50.2 Å². The van der Waals surface area contributed by atoms with Crippen LogP contribution in [0.5, 0.6) is 0 Å². The van der Waals surface area contributed by atoms with Crippen molar-refractivity contribution in [1.29, 1.82) is 0 Å². The third-order valence-electron chi connectivity index (χ3n) is 10.5. The summed E-state index contributed by atoms with van der Waals surface area (Å²) in [5.41, 5.74) is 12.4. The molecule has 5 N–H and O–H groups in total. The SMILES string of the molecule is CC(C)COC(C)COCCN(CCOCC(C)OCC(C)O)c1ccc(C(c2ccc(N)cc2)c2ccc(N(CCOCC(C)OCC(C)O)CCOCC(C)OCC(C)O)cc2)cc1. The van der Waals surface area contributed by atoms with E-state index in [2.05, 4.69) is 84.3 Å². The Kier molecular flexibility index (Phi) is 27.9. The molecule has 0 saturated carbocycles. The van der Waals surface area contributed by atoms with Gasteiger partial charge < -0.3 is 68.7 Å². The van der Waals surface area contributed by atoms with Gasteiger partial charge in [-0.2, -0.15) is 0 Å². The summed E-state index contributed by atoms with van der Waals surface area (Å²) in [5.74, 6) is 0.408. The average molecular weight is 928 g/mol. The molecule has 0 bridgehead atoms. The molecule has 0 spiro atoms. The topological polar surface area (TPSA) is 167 Å². The second-order valence-electron chi connectivity index (χ2n) is 18.1. The molecule has 374 valence electrons. The van der Waals surface area contributed by atoms with Crippen molar-refractivity contribution in [3.05, 3.63) is 89.5 Å². The summed E-state index contributed by atoms with van der Waals surface area (Å²) >= 11 is 0. The molecule has 8 unspecified atom stereocenters. The Morgan fingerprint density at radius 3 is 0.939 bits per heavy atom. The first-order valence-corrected chi connectivity index (χ1v) is 24.0. The van der Waals surface area contributed by atoms with Gasteiger partial charge in [0.05, 0.1) is 115 Å². The molecule has 0 fully saturated rings. The quantitative estimate of drug-likeness (QED) is 0.0280. The monoisotopic (exact) mass is 928 g/mol. The van der Waals surface area contributed by atoms with Gasteiger partial charge in [0.1, 0.15) is 0 Å². The highest BCUT2D eigenvalue weighted by Crippen LogP contribution is 2.34. The van der Waals surface area contributed by atoms with Crippen molar-refractivity contribution < 1.29 is 53.2 Å². The fourth-order valence-corrected chi connectivity index (χ4v) is 6.92.